The molecule has 2 saturated carbocycles. The van der Waals surface area contributed by atoms with Crippen LogP contribution in [-0.2, 0) is 4.79 Å². The molecule has 0 aromatic rings. The first-order chi connectivity index (χ1) is 9.06. The molecule has 1 saturated heterocycles. The van der Waals surface area contributed by atoms with Crippen molar-refractivity contribution in [1.29, 1.82) is 0 Å². The van der Waals surface area contributed by atoms with Crippen molar-refractivity contribution in [2.45, 2.75) is 56.6 Å². The van der Waals surface area contributed by atoms with Crippen LogP contribution in [0.5, 0.6) is 0 Å². The zero-order valence-corrected chi connectivity index (χ0v) is 11.7. The lowest BCUT2D eigenvalue weighted by molar-refractivity contribution is -0.154. The van der Waals surface area contributed by atoms with Crippen molar-refractivity contribution >= 4 is 5.78 Å². The molecule has 1 N–H and O–H groups in total. The summed E-state index contributed by atoms with van der Waals surface area (Å²) in [5.74, 6) is 0.977. The number of carbonyl (C=O) groups excluding carboxylic acids is 1. The van der Waals surface area contributed by atoms with Crippen LogP contribution in [0.4, 0.5) is 0 Å². The standard InChI is InChI=1S/C16H23NO2/c1-11-8-15(19)10-13(18)12-4-2-6-17-7-3-5-14(15)16(12,17)9-11/h5,11-12,19H,2-4,6-10H2,1H3/t11-,12+,15+,16-/m0/s1. The highest BCUT2D eigenvalue weighted by Crippen LogP contribution is 2.58. The Morgan fingerprint density at radius 2 is 2.21 bits per heavy atom. The molecule has 0 aromatic carbocycles. The molecule has 4 aliphatic rings. The Morgan fingerprint density at radius 1 is 1.37 bits per heavy atom. The molecule has 3 fully saturated rings. The Labute approximate surface area is 114 Å². The Bertz CT molecular complexity index is 471. The lowest BCUT2D eigenvalue weighted by Crippen LogP contribution is -2.71. The van der Waals surface area contributed by atoms with E-state index in [0.717, 1.165) is 45.2 Å². The van der Waals surface area contributed by atoms with Crippen LogP contribution >= 0.6 is 0 Å². The van der Waals surface area contributed by atoms with Gasteiger partial charge in [0.05, 0.1) is 11.1 Å². The molecule has 4 atom stereocenters. The van der Waals surface area contributed by atoms with Crippen LogP contribution < -0.4 is 0 Å². The number of ketones is 1. The topological polar surface area (TPSA) is 40.5 Å². The molecular weight excluding hydrogens is 238 g/mol. The third-order valence-electron chi connectivity index (χ3n) is 5.98. The Morgan fingerprint density at radius 3 is 3.05 bits per heavy atom. The van der Waals surface area contributed by atoms with Gasteiger partial charge in [-0.15, -0.1) is 0 Å². The number of piperidine rings is 1. The summed E-state index contributed by atoms with van der Waals surface area (Å²) in [5.41, 5.74) is 0.271. The number of hydrogen-bond acceptors (Lipinski definition) is 3. The molecule has 3 heteroatoms. The number of nitrogens with zero attached hydrogens (tertiary/aromatic N) is 1. The first-order valence-corrected chi connectivity index (χ1v) is 7.77. The summed E-state index contributed by atoms with van der Waals surface area (Å²) >= 11 is 0. The van der Waals surface area contributed by atoms with Crippen molar-refractivity contribution in [2.75, 3.05) is 13.1 Å². The van der Waals surface area contributed by atoms with Gasteiger partial charge >= 0.3 is 0 Å². The third kappa shape index (κ3) is 1.38. The van der Waals surface area contributed by atoms with Crippen LogP contribution in [0.25, 0.3) is 0 Å². The summed E-state index contributed by atoms with van der Waals surface area (Å²) in [7, 11) is 0. The average molecular weight is 261 g/mol. The first-order valence-electron chi connectivity index (χ1n) is 7.77. The highest BCUT2D eigenvalue weighted by molar-refractivity contribution is 5.87. The molecule has 0 unspecified atom stereocenters. The van der Waals surface area contributed by atoms with Gasteiger partial charge in [-0.3, -0.25) is 9.69 Å². The normalized spacial score (nSPS) is 49.6. The number of aliphatic hydroxyl groups is 1. The average Bonchev–Trinajstić information content (AvgIpc) is 2.33. The fourth-order valence-electron chi connectivity index (χ4n) is 5.63. The first kappa shape index (κ1) is 12.1. The summed E-state index contributed by atoms with van der Waals surface area (Å²) in [5, 5.41) is 11.1. The molecule has 19 heavy (non-hydrogen) atoms. The predicted molar refractivity (Wildman–Crippen MR) is 72.7 cm³/mol. The monoisotopic (exact) mass is 261 g/mol. The summed E-state index contributed by atoms with van der Waals surface area (Å²) in [4.78, 5) is 15.1. The SMILES string of the molecule is C[C@H]1C[C@@]2(O)CC(=O)[C@H]3CCCN4CCC=C2[C@]34C1. The summed E-state index contributed by atoms with van der Waals surface area (Å²) < 4.78 is 0. The highest BCUT2D eigenvalue weighted by Gasteiger charge is 2.64. The third-order valence-corrected chi connectivity index (χ3v) is 5.98. The Hall–Kier alpha value is -0.670. The van der Waals surface area contributed by atoms with E-state index in [4.69, 9.17) is 0 Å². The van der Waals surface area contributed by atoms with Crippen LogP contribution in [0.2, 0.25) is 0 Å². The van der Waals surface area contributed by atoms with Gasteiger partial charge in [-0.05, 0) is 50.1 Å². The molecule has 2 aliphatic heterocycles. The zero-order valence-electron chi connectivity index (χ0n) is 11.7. The van der Waals surface area contributed by atoms with Gasteiger partial charge in [-0.25, -0.2) is 0 Å². The van der Waals surface area contributed by atoms with Crippen molar-refractivity contribution in [3.8, 4) is 0 Å². The van der Waals surface area contributed by atoms with Gasteiger partial charge in [-0.2, -0.15) is 0 Å². The van der Waals surface area contributed by atoms with Crippen LogP contribution in [0.15, 0.2) is 11.6 Å². The summed E-state index contributed by atoms with van der Waals surface area (Å²) in [6, 6.07) is 0. The van der Waals surface area contributed by atoms with E-state index >= 15 is 0 Å². The predicted octanol–water partition coefficient (Wildman–Crippen LogP) is 1.90. The maximum atomic E-state index is 12.6. The smallest absolute Gasteiger partial charge is 0.141 e. The number of rotatable bonds is 0. The molecule has 3 nitrogen and oxygen atoms in total. The molecule has 1 spiro atoms. The van der Waals surface area contributed by atoms with Gasteiger partial charge in [0.15, 0.2) is 0 Å². The van der Waals surface area contributed by atoms with Gasteiger partial charge in [-0.1, -0.05) is 13.0 Å². The summed E-state index contributed by atoms with van der Waals surface area (Å²) in [6.07, 6.45) is 7.67. The second-order valence-electron chi connectivity index (χ2n) is 7.20. The molecule has 2 aliphatic carbocycles. The number of Topliss-reactive ketones (excluding diaryl/α,β-unsaturated/α-hetero) is 1. The van der Waals surface area contributed by atoms with Crippen molar-refractivity contribution < 1.29 is 9.90 Å². The van der Waals surface area contributed by atoms with E-state index in [1.54, 1.807) is 0 Å². The molecule has 104 valence electrons. The van der Waals surface area contributed by atoms with Crippen LogP contribution in [-0.4, -0.2) is 40.0 Å². The molecule has 0 amide bonds. The van der Waals surface area contributed by atoms with Crippen LogP contribution in [0.3, 0.4) is 0 Å². The molecule has 0 aromatic heterocycles. The minimum atomic E-state index is -0.832. The molecule has 2 heterocycles. The van der Waals surface area contributed by atoms with Crippen LogP contribution in [0, 0.1) is 11.8 Å². The number of carbonyl (C=O) groups is 1. The number of hydrogen-bond donors (Lipinski definition) is 1. The minimum absolute atomic E-state index is 0.113. The van der Waals surface area contributed by atoms with Crippen molar-refractivity contribution in [3.63, 3.8) is 0 Å². The fourth-order valence-corrected chi connectivity index (χ4v) is 5.63. The summed E-state index contributed by atoms with van der Waals surface area (Å²) in [6.45, 7) is 4.41. The van der Waals surface area contributed by atoms with Gasteiger partial charge < -0.3 is 5.11 Å². The van der Waals surface area contributed by atoms with Gasteiger partial charge in [0.2, 0.25) is 0 Å². The minimum Gasteiger partial charge on any atom is -0.385 e. The second-order valence-corrected chi connectivity index (χ2v) is 7.20. The van der Waals surface area contributed by atoms with Gasteiger partial charge in [0.25, 0.3) is 0 Å². The van der Waals surface area contributed by atoms with E-state index in [-0.39, 0.29) is 11.5 Å². The Kier molecular flexibility index (Phi) is 2.36. The van der Waals surface area contributed by atoms with E-state index in [2.05, 4.69) is 17.9 Å². The van der Waals surface area contributed by atoms with Gasteiger partial charge in [0, 0.05) is 18.9 Å². The quantitative estimate of drug-likeness (QED) is 0.677. The zero-order chi connectivity index (χ0) is 13.3. The van der Waals surface area contributed by atoms with Crippen molar-refractivity contribution in [3.05, 3.63) is 11.6 Å². The maximum Gasteiger partial charge on any atom is 0.141 e. The highest BCUT2D eigenvalue weighted by atomic mass is 16.3. The van der Waals surface area contributed by atoms with Crippen LogP contribution in [0.1, 0.15) is 45.4 Å². The fraction of sp³-hybridized carbons (Fsp3) is 0.812. The van der Waals surface area contributed by atoms with Crippen molar-refractivity contribution in [2.24, 2.45) is 11.8 Å². The lowest BCUT2D eigenvalue weighted by atomic mass is 9.50. The molecule has 0 radical (unpaired) electrons. The molecule has 2 bridgehead atoms. The lowest BCUT2D eigenvalue weighted by Gasteiger charge is -2.64. The molecule has 4 rings (SSSR count). The van der Waals surface area contributed by atoms with E-state index in [0.29, 0.717) is 18.1 Å². The van der Waals surface area contributed by atoms with Gasteiger partial charge in [0.1, 0.15) is 5.78 Å². The van der Waals surface area contributed by atoms with E-state index in [9.17, 15) is 9.90 Å². The van der Waals surface area contributed by atoms with E-state index in [1.807, 2.05) is 0 Å². The maximum absolute atomic E-state index is 12.6. The van der Waals surface area contributed by atoms with Crippen molar-refractivity contribution in [1.82, 2.24) is 4.90 Å². The second kappa shape index (κ2) is 3.70. The van der Waals surface area contributed by atoms with E-state index in [1.165, 1.54) is 5.57 Å². The largest absolute Gasteiger partial charge is 0.385 e. The molecular formula is C16H23NO2. The van der Waals surface area contributed by atoms with E-state index < -0.39 is 5.60 Å². The Balaban J connectivity index is 1.93.